The summed E-state index contributed by atoms with van der Waals surface area (Å²) in [5.74, 6) is 0.274. The van der Waals surface area contributed by atoms with Crippen molar-refractivity contribution in [3.05, 3.63) is 48.0 Å². The van der Waals surface area contributed by atoms with Gasteiger partial charge in [-0.25, -0.2) is 0 Å². The Bertz CT molecular complexity index is 459. The van der Waals surface area contributed by atoms with Crippen molar-refractivity contribution < 1.29 is 4.79 Å². The summed E-state index contributed by atoms with van der Waals surface area (Å²) in [6, 6.07) is 10.2. The number of likely N-dealkylation sites (N-methyl/N-ethyl adjacent to an activating group) is 1. The van der Waals surface area contributed by atoms with Crippen molar-refractivity contribution in [3.8, 4) is 0 Å². The van der Waals surface area contributed by atoms with E-state index in [0.29, 0.717) is 6.54 Å². The largest absolute Gasteiger partial charge is 0.338 e. The molecule has 0 aliphatic heterocycles. The molecule has 1 aromatic rings. The molecule has 0 atom stereocenters. The highest BCUT2D eigenvalue weighted by atomic mass is 16.2. The molecule has 0 bridgehead atoms. The topological polar surface area (TPSA) is 20.3 Å². The third kappa shape index (κ3) is 2.58. The maximum absolute atomic E-state index is 12.9. The Balaban J connectivity index is 2.26. The third-order valence-corrected chi connectivity index (χ3v) is 4.07. The van der Waals surface area contributed by atoms with Crippen molar-refractivity contribution in [2.45, 2.75) is 38.5 Å². The maximum Gasteiger partial charge on any atom is 0.233 e. The van der Waals surface area contributed by atoms with Gasteiger partial charge in [-0.2, -0.15) is 0 Å². The highest BCUT2D eigenvalue weighted by Crippen LogP contribution is 2.45. The second-order valence-electron chi connectivity index (χ2n) is 5.58. The van der Waals surface area contributed by atoms with E-state index in [9.17, 15) is 4.79 Å². The molecule has 19 heavy (non-hydrogen) atoms. The molecule has 2 nitrogen and oxygen atoms in total. The van der Waals surface area contributed by atoms with Gasteiger partial charge in [0, 0.05) is 13.1 Å². The van der Waals surface area contributed by atoms with Gasteiger partial charge in [0.25, 0.3) is 0 Å². The fourth-order valence-corrected chi connectivity index (χ4v) is 2.87. The zero-order chi connectivity index (χ0) is 13.9. The third-order valence-electron chi connectivity index (χ3n) is 4.07. The molecule has 0 heterocycles. The van der Waals surface area contributed by atoms with Gasteiger partial charge in [-0.05, 0) is 32.3 Å². The summed E-state index contributed by atoms with van der Waals surface area (Å²) in [5.41, 5.74) is 1.94. The van der Waals surface area contributed by atoms with Crippen LogP contribution in [0.1, 0.15) is 38.7 Å². The van der Waals surface area contributed by atoms with Crippen LogP contribution < -0.4 is 0 Å². The van der Waals surface area contributed by atoms with Crippen LogP contribution in [0.2, 0.25) is 0 Å². The first-order valence-corrected chi connectivity index (χ1v) is 7.09. The smallest absolute Gasteiger partial charge is 0.233 e. The number of rotatable bonds is 5. The standard InChI is InChI=1S/C17H23NO/c1-4-18(13-14(2)3)16(19)17(11-8-12-17)15-9-6-5-7-10-15/h5-7,9-10H,2,4,8,11-13H2,1,3H3. The Labute approximate surface area is 116 Å². The fourth-order valence-electron chi connectivity index (χ4n) is 2.87. The van der Waals surface area contributed by atoms with Crippen LogP contribution in [0, 0.1) is 0 Å². The van der Waals surface area contributed by atoms with Gasteiger partial charge in [0.1, 0.15) is 0 Å². The summed E-state index contributed by atoms with van der Waals surface area (Å²) in [6.45, 7) is 9.37. The van der Waals surface area contributed by atoms with Crippen LogP contribution in [0.5, 0.6) is 0 Å². The molecule has 1 saturated carbocycles. The Morgan fingerprint density at radius 3 is 2.37 bits per heavy atom. The Morgan fingerprint density at radius 1 is 1.32 bits per heavy atom. The predicted octanol–water partition coefficient (Wildman–Crippen LogP) is 3.53. The summed E-state index contributed by atoms with van der Waals surface area (Å²) in [4.78, 5) is 14.8. The molecule has 1 amide bonds. The van der Waals surface area contributed by atoms with E-state index < -0.39 is 0 Å². The van der Waals surface area contributed by atoms with Gasteiger partial charge in [-0.3, -0.25) is 4.79 Å². The number of hydrogen-bond donors (Lipinski definition) is 0. The molecule has 0 N–H and O–H groups in total. The lowest BCUT2D eigenvalue weighted by Crippen LogP contribution is -2.51. The first-order valence-electron chi connectivity index (χ1n) is 7.09. The van der Waals surface area contributed by atoms with E-state index in [4.69, 9.17) is 0 Å². The van der Waals surface area contributed by atoms with Crippen LogP contribution in [0.25, 0.3) is 0 Å². The van der Waals surface area contributed by atoms with Gasteiger partial charge >= 0.3 is 0 Å². The molecular weight excluding hydrogens is 234 g/mol. The lowest BCUT2D eigenvalue weighted by atomic mass is 9.63. The second-order valence-corrected chi connectivity index (χ2v) is 5.58. The molecule has 2 rings (SSSR count). The lowest BCUT2D eigenvalue weighted by molar-refractivity contribution is -0.140. The van der Waals surface area contributed by atoms with Crippen LogP contribution in [-0.2, 0) is 10.2 Å². The van der Waals surface area contributed by atoms with E-state index in [1.54, 1.807) is 0 Å². The molecule has 1 fully saturated rings. The quantitative estimate of drug-likeness (QED) is 0.739. The summed E-state index contributed by atoms with van der Waals surface area (Å²) in [5, 5.41) is 0. The Kier molecular flexibility index (Phi) is 4.08. The van der Waals surface area contributed by atoms with Crippen LogP contribution in [0.4, 0.5) is 0 Å². The van der Waals surface area contributed by atoms with Gasteiger partial charge in [0.05, 0.1) is 5.41 Å². The minimum atomic E-state index is -0.271. The average molecular weight is 257 g/mol. The molecule has 1 aromatic carbocycles. The van der Waals surface area contributed by atoms with Crippen LogP contribution in [-0.4, -0.2) is 23.9 Å². The van der Waals surface area contributed by atoms with Crippen LogP contribution >= 0.6 is 0 Å². The molecule has 102 valence electrons. The molecule has 0 unspecified atom stereocenters. The summed E-state index contributed by atoms with van der Waals surface area (Å²) in [7, 11) is 0. The number of benzene rings is 1. The van der Waals surface area contributed by atoms with Crippen molar-refractivity contribution in [3.63, 3.8) is 0 Å². The van der Waals surface area contributed by atoms with Crippen LogP contribution in [0.3, 0.4) is 0 Å². The van der Waals surface area contributed by atoms with Gasteiger partial charge in [-0.1, -0.05) is 48.9 Å². The number of carbonyl (C=O) groups excluding carboxylic acids is 1. The minimum Gasteiger partial charge on any atom is -0.338 e. The normalized spacial score (nSPS) is 16.5. The van der Waals surface area contributed by atoms with Gasteiger partial charge in [-0.15, -0.1) is 0 Å². The van der Waals surface area contributed by atoms with Gasteiger partial charge in [0.2, 0.25) is 5.91 Å². The maximum atomic E-state index is 12.9. The first kappa shape index (κ1) is 13.9. The number of hydrogen-bond acceptors (Lipinski definition) is 1. The minimum absolute atomic E-state index is 0.271. The van der Waals surface area contributed by atoms with Crippen molar-refractivity contribution in [2.75, 3.05) is 13.1 Å². The molecule has 0 aromatic heterocycles. The highest BCUT2D eigenvalue weighted by molar-refractivity contribution is 5.89. The SMILES string of the molecule is C=C(C)CN(CC)C(=O)C1(c2ccccc2)CCC1. The molecule has 0 radical (unpaired) electrons. The van der Waals surface area contributed by atoms with E-state index in [0.717, 1.165) is 31.4 Å². The summed E-state index contributed by atoms with van der Waals surface area (Å²) in [6.07, 6.45) is 3.09. The number of carbonyl (C=O) groups is 1. The Hall–Kier alpha value is -1.57. The van der Waals surface area contributed by atoms with E-state index in [-0.39, 0.29) is 11.3 Å². The average Bonchev–Trinajstić information content (AvgIpc) is 2.35. The molecule has 1 aliphatic carbocycles. The zero-order valence-corrected chi connectivity index (χ0v) is 12.0. The van der Waals surface area contributed by atoms with Gasteiger partial charge in [0.15, 0.2) is 0 Å². The molecule has 2 heteroatoms. The molecular formula is C17H23NO. The lowest BCUT2D eigenvalue weighted by Gasteiger charge is -2.44. The molecule has 0 spiro atoms. The number of nitrogens with zero attached hydrogens (tertiary/aromatic N) is 1. The zero-order valence-electron chi connectivity index (χ0n) is 12.0. The van der Waals surface area contributed by atoms with Crippen molar-refractivity contribution >= 4 is 5.91 Å². The van der Waals surface area contributed by atoms with E-state index in [1.807, 2.05) is 36.9 Å². The first-order chi connectivity index (χ1) is 9.10. The fraction of sp³-hybridized carbons (Fsp3) is 0.471. The van der Waals surface area contributed by atoms with E-state index in [1.165, 1.54) is 5.56 Å². The van der Waals surface area contributed by atoms with Gasteiger partial charge < -0.3 is 4.90 Å². The highest BCUT2D eigenvalue weighted by Gasteiger charge is 2.47. The van der Waals surface area contributed by atoms with E-state index >= 15 is 0 Å². The van der Waals surface area contributed by atoms with Crippen molar-refractivity contribution in [1.29, 1.82) is 0 Å². The van der Waals surface area contributed by atoms with E-state index in [2.05, 4.69) is 18.7 Å². The summed E-state index contributed by atoms with van der Waals surface area (Å²) >= 11 is 0. The van der Waals surface area contributed by atoms with Crippen molar-refractivity contribution in [1.82, 2.24) is 4.90 Å². The molecule has 1 aliphatic rings. The summed E-state index contributed by atoms with van der Waals surface area (Å²) < 4.78 is 0. The monoisotopic (exact) mass is 257 g/mol. The molecule has 0 saturated heterocycles. The Morgan fingerprint density at radius 2 is 1.95 bits per heavy atom. The van der Waals surface area contributed by atoms with Crippen LogP contribution in [0.15, 0.2) is 42.5 Å². The van der Waals surface area contributed by atoms with Crippen molar-refractivity contribution in [2.24, 2.45) is 0 Å². The second kappa shape index (κ2) is 5.60. The predicted molar refractivity (Wildman–Crippen MR) is 79.0 cm³/mol. The number of amides is 1.